The SMILES string of the molecule is O=C(CN1C(=O)/C(=C\c2cccc(Cl)c2)OC2CCCCC21)N1CCN(c2ccccn2)CC1. The van der Waals surface area contributed by atoms with Crippen LogP contribution in [0.1, 0.15) is 31.2 Å². The Morgan fingerprint density at radius 2 is 1.91 bits per heavy atom. The molecule has 34 heavy (non-hydrogen) atoms. The summed E-state index contributed by atoms with van der Waals surface area (Å²) < 4.78 is 6.16. The van der Waals surface area contributed by atoms with Gasteiger partial charge in [-0.15, -0.1) is 0 Å². The number of anilines is 1. The largest absolute Gasteiger partial charge is 0.482 e. The lowest BCUT2D eigenvalue weighted by Gasteiger charge is -2.45. The van der Waals surface area contributed by atoms with E-state index < -0.39 is 0 Å². The number of ether oxygens (including phenoxy) is 1. The highest BCUT2D eigenvalue weighted by Crippen LogP contribution is 2.33. The molecule has 1 aromatic carbocycles. The van der Waals surface area contributed by atoms with Crippen molar-refractivity contribution < 1.29 is 14.3 Å². The number of carbonyl (C=O) groups is 2. The van der Waals surface area contributed by atoms with Crippen LogP contribution in [0.2, 0.25) is 5.02 Å². The number of morpholine rings is 1. The first kappa shape index (κ1) is 22.7. The number of fused-ring (bicyclic) bond motifs is 1. The zero-order valence-corrected chi connectivity index (χ0v) is 19.9. The number of pyridine rings is 1. The van der Waals surface area contributed by atoms with Crippen LogP contribution in [0.4, 0.5) is 5.82 Å². The van der Waals surface area contributed by atoms with E-state index in [0.717, 1.165) is 50.2 Å². The molecule has 0 bridgehead atoms. The summed E-state index contributed by atoms with van der Waals surface area (Å²) >= 11 is 6.12. The van der Waals surface area contributed by atoms with Gasteiger partial charge in [0, 0.05) is 37.4 Å². The minimum absolute atomic E-state index is 0.0117. The standard InChI is InChI=1S/C26H29ClN4O3/c27-20-7-5-6-19(16-20)17-23-26(33)31(21-8-1-2-9-22(21)34-23)18-25(32)30-14-12-29(13-15-30)24-10-3-4-11-28-24/h3-7,10-11,16-17,21-22H,1-2,8-9,12-15,18H2/b23-17+. The highest BCUT2D eigenvalue weighted by molar-refractivity contribution is 6.30. The van der Waals surface area contributed by atoms with E-state index in [9.17, 15) is 9.59 Å². The molecule has 3 aliphatic rings. The predicted octanol–water partition coefficient (Wildman–Crippen LogP) is 3.59. The summed E-state index contributed by atoms with van der Waals surface area (Å²) in [6.07, 6.45) is 7.30. The van der Waals surface area contributed by atoms with E-state index in [1.165, 1.54) is 0 Å². The molecule has 2 atom stereocenters. The van der Waals surface area contributed by atoms with Gasteiger partial charge in [0.1, 0.15) is 18.5 Å². The minimum atomic E-state index is -0.219. The Balaban J connectivity index is 1.29. The topological polar surface area (TPSA) is 66.0 Å². The molecular formula is C26H29ClN4O3. The molecule has 2 unspecified atom stereocenters. The van der Waals surface area contributed by atoms with Crippen molar-refractivity contribution in [3.05, 3.63) is 65.0 Å². The third-order valence-electron chi connectivity index (χ3n) is 6.88. The van der Waals surface area contributed by atoms with Gasteiger partial charge >= 0.3 is 0 Å². The van der Waals surface area contributed by atoms with Crippen LogP contribution in [0.5, 0.6) is 0 Å². The van der Waals surface area contributed by atoms with Gasteiger partial charge in [-0.05, 0) is 55.2 Å². The average Bonchev–Trinajstić information content (AvgIpc) is 2.87. The Kier molecular flexibility index (Phi) is 6.72. The normalized spacial score (nSPS) is 24.1. The van der Waals surface area contributed by atoms with Crippen LogP contribution in [-0.2, 0) is 14.3 Å². The van der Waals surface area contributed by atoms with E-state index in [4.69, 9.17) is 16.3 Å². The second-order valence-corrected chi connectivity index (χ2v) is 9.50. The Hall–Kier alpha value is -3.06. The first-order valence-electron chi connectivity index (χ1n) is 12.0. The van der Waals surface area contributed by atoms with Gasteiger partial charge in [0.15, 0.2) is 5.76 Å². The Bertz CT molecular complexity index is 1070. The summed E-state index contributed by atoms with van der Waals surface area (Å²) in [6, 6.07) is 13.1. The van der Waals surface area contributed by atoms with Gasteiger partial charge in [0.25, 0.3) is 5.91 Å². The molecule has 1 aromatic heterocycles. The van der Waals surface area contributed by atoms with Crippen molar-refractivity contribution >= 4 is 35.3 Å². The molecule has 2 saturated heterocycles. The smallest absolute Gasteiger partial charge is 0.289 e. The molecule has 5 rings (SSSR count). The third kappa shape index (κ3) is 4.89. The fourth-order valence-corrected chi connectivity index (χ4v) is 5.28. The Labute approximate surface area is 204 Å². The van der Waals surface area contributed by atoms with Gasteiger partial charge in [-0.1, -0.05) is 36.2 Å². The van der Waals surface area contributed by atoms with Crippen LogP contribution in [0, 0.1) is 0 Å². The number of amides is 2. The highest BCUT2D eigenvalue weighted by atomic mass is 35.5. The van der Waals surface area contributed by atoms with E-state index >= 15 is 0 Å². The molecule has 1 saturated carbocycles. The molecule has 1 aliphatic carbocycles. The second-order valence-electron chi connectivity index (χ2n) is 9.06. The molecule has 7 nitrogen and oxygen atoms in total. The number of rotatable bonds is 4. The number of aromatic nitrogens is 1. The quantitative estimate of drug-likeness (QED) is 0.626. The first-order chi connectivity index (χ1) is 16.6. The summed E-state index contributed by atoms with van der Waals surface area (Å²) in [5.41, 5.74) is 0.807. The summed E-state index contributed by atoms with van der Waals surface area (Å²) in [5.74, 6) is 0.989. The number of piperazine rings is 1. The summed E-state index contributed by atoms with van der Waals surface area (Å²) in [6.45, 7) is 2.78. The van der Waals surface area contributed by atoms with Crippen molar-refractivity contribution in [3.8, 4) is 0 Å². The number of carbonyl (C=O) groups excluding carboxylic acids is 2. The lowest BCUT2D eigenvalue weighted by molar-refractivity contribution is -0.154. The van der Waals surface area contributed by atoms with E-state index in [0.29, 0.717) is 18.1 Å². The lowest BCUT2D eigenvalue weighted by atomic mass is 9.89. The van der Waals surface area contributed by atoms with Gasteiger partial charge in [0.2, 0.25) is 5.91 Å². The molecular weight excluding hydrogens is 452 g/mol. The van der Waals surface area contributed by atoms with Gasteiger partial charge in [-0.25, -0.2) is 4.98 Å². The summed E-state index contributed by atoms with van der Waals surface area (Å²) in [7, 11) is 0. The third-order valence-corrected chi connectivity index (χ3v) is 7.11. The van der Waals surface area contributed by atoms with Crippen LogP contribution in [0.25, 0.3) is 6.08 Å². The second kappa shape index (κ2) is 10.1. The van der Waals surface area contributed by atoms with Crippen LogP contribution in [0.3, 0.4) is 0 Å². The molecule has 2 aromatic rings. The minimum Gasteiger partial charge on any atom is -0.482 e. The van der Waals surface area contributed by atoms with Crippen LogP contribution in [-0.4, -0.2) is 71.5 Å². The van der Waals surface area contributed by atoms with Gasteiger partial charge in [0.05, 0.1) is 6.04 Å². The van der Waals surface area contributed by atoms with E-state index in [-0.39, 0.29) is 36.3 Å². The number of nitrogens with zero attached hydrogens (tertiary/aromatic N) is 4. The maximum atomic E-state index is 13.4. The lowest BCUT2D eigenvalue weighted by Crippen LogP contribution is -2.58. The van der Waals surface area contributed by atoms with Crippen LogP contribution < -0.4 is 4.90 Å². The molecule has 8 heteroatoms. The molecule has 3 fully saturated rings. The van der Waals surface area contributed by atoms with Crippen LogP contribution in [0.15, 0.2) is 54.4 Å². The monoisotopic (exact) mass is 480 g/mol. The van der Waals surface area contributed by atoms with Crippen molar-refractivity contribution in [2.24, 2.45) is 0 Å². The number of hydrogen-bond donors (Lipinski definition) is 0. The average molecular weight is 481 g/mol. The zero-order valence-electron chi connectivity index (χ0n) is 19.1. The molecule has 2 amide bonds. The fraction of sp³-hybridized carbons (Fsp3) is 0.423. The predicted molar refractivity (Wildman–Crippen MR) is 131 cm³/mol. The molecule has 2 aliphatic heterocycles. The fourth-order valence-electron chi connectivity index (χ4n) is 5.08. The number of hydrogen-bond acceptors (Lipinski definition) is 5. The number of halogens is 1. The van der Waals surface area contributed by atoms with E-state index in [1.807, 2.05) is 35.2 Å². The highest BCUT2D eigenvalue weighted by Gasteiger charge is 2.42. The summed E-state index contributed by atoms with van der Waals surface area (Å²) in [5, 5.41) is 0.602. The maximum absolute atomic E-state index is 13.4. The van der Waals surface area contributed by atoms with Gasteiger partial charge < -0.3 is 19.4 Å². The van der Waals surface area contributed by atoms with E-state index in [1.54, 1.807) is 29.3 Å². The van der Waals surface area contributed by atoms with E-state index in [2.05, 4.69) is 9.88 Å². The van der Waals surface area contributed by atoms with Crippen molar-refractivity contribution in [1.29, 1.82) is 0 Å². The maximum Gasteiger partial charge on any atom is 0.289 e. The van der Waals surface area contributed by atoms with Crippen LogP contribution >= 0.6 is 11.6 Å². The first-order valence-corrected chi connectivity index (χ1v) is 12.3. The molecule has 0 radical (unpaired) electrons. The van der Waals surface area contributed by atoms with Crippen molar-refractivity contribution in [1.82, 2.24) is 14.8 Å². The Morgan fingerprint density at radius 3 is 2.68 bits per heavy atom. The summed E-state index contributed by atoms with van der Waals surface area (Å²) in [4.78, 5) is 36.9. The van der Waals surface area contributed by atoms with Crippen molar-refractivity contribution in [3.63, 3.8) is 0 Å². The van der Waals surface area contributed by atoms with Crippen molar-refractivity contribution in [2.45, 2.75) is 37.8 Å². The molecule has 3 heterocycles. The van der Waals surface area contributed by atoms with Gasteiger partial charge in [-0.3, -0.25) is 9.59 Å². The molecule has 0 spiro atoms. The molecule has 178 valence electrons. The van der Waals surface area contributed by atoms with Gasteiger partial charge in [-0.2, -0.15) is 0 Å². The number of benzene rings is 1. The molecule has 0 N–H and O–H groups in total. The Morgan fingerprint density at radius 1 is 1.09 bits per heavy atom. The van der Waals surface area contributed by atoms with Crippen molar-refractivity contribution in [2.75, 3.05) is 37.6 Å². The zero-order chi connectivity index (χ0) is 23.5.